The average molecular weight is 370 g/mol. The van der Waals surface area contributed by atoms with Crippen molar-refractivity contribution in [3.05, 3.63) is 57.5 Å². The third-order valence-electron chi connectivity index (χ3n) is 2.67. The number of hydrogen-bond acceptors (Lipinski definition) is 3. The first-order valence-electron chi connectivity index (χ1n) is 6.51. The van der Waals surface area contributed by atoms with Gasteiger partial charge in [-0.15, -0.1) is 0 Å². The number of carbonyl (C=O) groups is 1. The molecule has 0 heterocycles. The second-order valence-electron chi connectivity index (χ2n) is 4.31. The fraction of sp³-hybridized carbons (Fsp3) is 0.188. The molecule has 3 nitrogen and oxygen atoms in total. The van der Waals surface area contributed by atoms with Crippen LogP contribution in [0, 0.1) is 0 Å². The first-order chi connectivity index (χ1) is 10.1. The van der Waals surface area contributed by atoms with Crippen molar-refractivity contribution in [2.45, 2.75) is 13.3 Å². The van der Waals surface area contributed by atoms with Gasteiger partial charge in [-0.1, -0.05) is 46.6 Å². The summed E-state index contributed by atoms with van der Waals surface area (Å²) in [6.07, 6.45) is 0.863. The van der Waals surface area contributed by atoms with Crippen molar-refractivity contribution in [1.29, 1.82) is 0 Å². The van der Waals surface area contributed by atoms with Crippen molar-refractivity contribution < 1.29 is 14.3 Å². The molecule has 0 N–H and O–H groups in total. The topological polar surface area (TPSA) is 35.5 Å². The Morgan fingerprint density at radius 2 is 1.95 bits per heavy atom. The summed E-state index contributed by atoms with van der Waals surface area (Å²) in [5.41, 5.74) is 0.380. The molecule has 2 aromatic rings. The lowest BCUT2D eigenvalue weighted by molar-refractivity contribution is 0.0730. The van der Waals surface area contributed by atoms with E-state index in [0.29, 0.717) is 28.7 Å². The highest BCUT2D eigenvalue weighted by atomic mass is 79.9. The van der Waals surface area contributed by atoms with E-state index in [4.69, 9.17) is 21.1 Å². The van der Waals surface area contributed by atoms with Gasteiger partial charge in [-0.2, -0.15) is 0 Å². The fourth-order valence-electron chi connectivity index (χ4n) is 1.69. The third kappa shape index (κ3) is 4.22. The molecule has 2 aromatic carbocycles. The normalized spacial score (nSPS) is 10.2. The largest absolute Gasteiger partial charge is 0.493 e. The summed E-state index contributed by atoms with van der Waals surface area (Å²) in [6, 6.07) is 12.1. The minimum Gasteiger partial charge on any atom is -0.493 e. The molecule has 0 radical (unpaired) electrons. The van der Waals surface area contributed by atoms with Gasteiger partial charge in [-0.05, 0) is 36.8 Å². The maximum absolute atomic E-state index is 12.3. The van der Waals surface area contributed by atoms with Gasteiger partial charge in [0.25, 0.3) is 0 Å². The molecule has 0 aliphatic heterocycles. The number of ether oxygens (including phenoxy) is 2. The Labute approximate surface area is 137 Å². The molecule has 0 unspecified atom stereocenters. The summed E-state index contributed by atoms with van der Waals surface area (Å²) in [7, 11) is 0. The van der Waals surface area contributed by atoms with E-state index in [9.17, 15) is 4.79 Å². The fourth-order valence-corrected chi connectivity index (χ4v) is 2.40. The summed E-state index contributed by atoms with van der Waals surface area (Å²) in [6.45, 7) is 2.55. The van der Waals surface area contributed by atoms with Crippen LogP contribution in [0.1, 0.15) is 23.7 Å². The number of esters is 1. The number of hydrogen-bond donors (Lipinski definition) is 0. The van der Waals surface area contributed by atoms with Crippen LogP contribution < -0.4 is 9.47 Å². The lowest BCUT2D eigenvalue weighted by Crippen LogP contribution is -2.11. The van der Waals surface area contributed by atoms with E-state index in [0.717, 1.165) is 10.9 Å². The van der Waals surface area contributed by atoms with Gasteiger partial charge in [-0.25, -0.2) is 4.79 Å². The molecule has 0 amide bonds. The van der Waals surface area contributed by atoms with E-state index in [1.165, 1.54) is 0 Å². The number of benzene rings is 2. The Kier molecular flexibility index (Phi) is 5.65. The molecule has 5 heteroatoms. The van der Waals surface area contributed by atoms with Crippen LogP contribution in [0.4, 0.5) is 0 Å². The molecule has 110 valence electrons. The van der Waals surface area contributed by atoms with Gasteiger partial charge < -0.3 is 9.47 Å². The number of halogens is 2. The van der Waals surface area contributed by atoms with Crippen molar-refractivity contribution in [3.63, 3.8) is 0 Å². The molecule has 0 saturated carbocycles. The molecular weight excluding hydrogens is 356 g/mol. The molecule has 0 aromatic heterocycles. The van der Waals surface area contributed by atoms with E-state index >= 15 is 0 Å². The highest BCUT2D eigenvalue weighted by Crippen LogP contribution is 2.29. The quantitative estimate of drug-likeness (QED) is 0.542. The maximum atomic E-state index is 12.3. The van der Waals surface area contributed by atoms with E-state index in [1.807, 2.05) is 13.0 Å². The van der Waals surface area contributed by atoms with Crippen molar-refractivity contribution in [3.8, 4) is 11.5 Å². The van der Waals surface area contributed by atoms with Gasteiger partial charge >= 0.3 is 5.97 Å². The molecular formula is C16H14BrClO3. The maximum Gasteiger partial charge on any atom is 0.347 e. The Morgan fingerprint density at radius 1 is 1.19 bits per heavy atom. The summed E-state index contributed by atoms with van der Waals surface area (Å²) < 4.78 is 11.7. The van der Waals surface area contributed by atoms with Gasteiger partial charge in [-0.3, -0.25) is 0 Å². The van der Waals surface area contributed by atoms with Crippen LogP contribution in [0.15, 0.2) is 46.9 Å². The Hall–Kier alpha value is -1.52. The number of rotatable bonds is 5. The minimum absolute atomic E-state index is 0.315. The summed E-state index contributed by atoms with van der Waals surface area (Å²) in [4.78, 5) is 12.3. The second kappa shape index (κ2) is 7.48. The molecule has 0 aliphatic carbocycles. The number of para-hydroxylation sites is 1. The lowest BCUT2D eigenvalue weighted by atomic mass is 10.2. The van der Waals surface area contributed by atoms with E-state index in [2.05, 4.69) is 15.9 Å². The van der Waals surface area contributed by atoms with Crippen molar-refractivity contribution in [2.75, 3.05) is 6.61 Å². The first-order valence-corrected chi connectivity index (χ1v) is 7.68. The minimum atomic E-state index is -0.495. The Bertz CT molecular complexity index is 643. The zero-order valence-corrected chi connectivity index (χ0v) is 13.8. The molecule has 0 spiro atoms. The predicted octanol–water partition coefficient (Wildman–Crippen LogP) is 5.11. The molecule has 0 aliphatic rings. The van der Waals surface area contributed by atoms with Gasteiger partial charge in [0, 0.05) is 4.47 Å². The van der Waals surface area contributed by atoms with E-state index in [-0.39, 0.29) is 0 Å². The van der Waals surface area contributed by atoms with Crippen LogP contribution in [-0.2, 0) is 0 Å². The molecule has 0 bridgehead atoms. The molecule has 0 fully saturated rings. The molecule has 21 heavy (non-hydrogen) atoms. The average Bonchev–Trinajstić information content (AvgIpc) is 2.48. The zero-order chi connectivity index (χ0) is 15.2. The van der Waals surface area contributed by atoms with Crippen LogP contribution in [-0.4, -0.2) is 12.6 Å². The Morgan fingerprint density at radius 3 is 2.67 bits per heavy atom. The van der Waals surface area contributed by atoms with E-state index < -0.39 is 5.97 Å². The van der Waals surface area contributed by atoms with Crippen LogP contribution in [0.2, 0.25) is 5.02 Å². The summed E-state index contributed by atoms with van der Waals surface area (Å²) >= 11 is 9.35. The van der Waals surface area contributed by atoms with Gasteiger partial charge in [0.15, 0.2) is 0 Å². The summed E-state index contributed by atoms with van der Waals surface area (Å²) in [5.74, 6) is 0.332. The molecule has 0 atom stereocenters. The smallest absolute Gasteiger partial charge is 0.347 e. The van der Waals surface area contributed by atoms with E-state index in [1.54, 1.807) is 36.4 Å². The monoisotopic (exact) mass is 368 g/mol. The van der Waals surface area contributed by atoms with Crippen LogP contribution in [0.5, 0.6) is 11.5 Å². The predicted molar refractivity (Wildman–Crippen MR) is 86.3 cm³/mol. The van der Waals surface area contributed by atoms with Crippen LogP contribution in [0.3, 0.4) is 0 Å². The van der Waals surface area contributed by atoms with Crippen LogP contribution in [0.25, 0.3) is 0 Å². The molecule has 2 rings (SSSR count). The summed E-state index contributed by atoms with van der Waals surface area (Å²) in [5, 5.41) is 0.365. The molecule has 0 saturated heterocycles. The first kappa shape index (κ1) is 15.9. The van der Waals surface area contributed by atoms with Crippen molar-refractivity contribution in [1.82, 2.24) is 0 Å². The highest BCUT2D eigenvalue weighted by Gasteiger charge is 2.16. The van der Waals surface area contributed by atoms with Crippen molar-refractivity contribution in [2.24, 2.45) is 0 Å². The van der Waals surface area contributed by atoms with Gasteiger partial charge in [0.2, 0.25) is 0 Å². The standard InChI is InChI=1S/C16H14BrClO3/c1-2-9-20-14-6-4-3-5-12(14)16(19)21-15-8-7-11(17)10-13(15)18/h3-8,10H,2,9H2,1H3. The highest BCUT2D eigenvalue weighted by molar-refractivity contribution is 9.10. The van der Waals surface area contributed by atoms with Crippen molar-refractivity contribution >= 4 is 33.5 Å². The van der Waals surface area contributed by atoms with Gasteiger partial charge in [0.05, 0.1) is 11.6 Å². The zero-order valence-electron chi connectivity index (χ0n) is 11.4. The Balaban J connectivity index is 2.20. The second-order valence-corrected chi connectivity index (χ2v) is 5.63. The lowest BCUT2D eigenvalue weighted by Gasteiger charge is -2.11. The number of carbonyl (C=O) groups excluding carboxylic acids is 1. The van der Waals surface area contributed by atoms with Crippen LogP contribution >= 0.6 is 27.5 Å². The SMILES string of the molecule is CCCOc1ccccc1C(=O)Oc1ccc(Br)cc1Cl. The third-order valence-corrected chi connectivity index (χ3v) is 3.45. The van der Waals surface area contributed by atoms with Gasteiger partial charge in [0.1, 0.15) is 17.1 Å².